The second-order valence-corrected chi connectivity index (χ2v) is 13.9. The first-order valence-corrected chi connectivity index (χ1v) is 15.4. The van der Waals surface area contributed by atoms with Gasteiger partial charge in [0.25, 0.3) is 0 Å². The summed E-state index contributed by atoms with van der Waals surface area (Å²) in [5.41, 5.74) is 8.07. The fraction of sp³-hybridized carbons (Fsp3) is 0.375. The Bertz CT molecular complexity index is 1570. The molecule has 4 rings (SSSR count). The fourth-order valence-electron chi connectivity index (χ4n) is 4.89. The predicted molar refractivity (Wildman–Crippen MR) is 165 cm³/mol. The number of ether oxygens (including phenoxy) is 1. The van der Waals surface area contributed by atoms with Crippen LogP contribution in [0.2, 0.25) is 0 Å². The van der Waals surface area contributed by atoms with Crippen molar-refractivity contribution in [2.45, 2.75) is 76.0 Å². The number of aryl methyl sites for hydroxylation is 1. The van der Waals surface area contributed by atoms with Gasteiger partial charge in [-0.2, -0.15) is 0 Å². The molecule has 0 saturated carbocycles. The van der Waals surface area contributed by atoms with E-state index in [1.165, 1.54) is 0 Å². The largest absolute Gasteiger partial charge is 0.497 e. The summed E-state index contributed by atoms with van der Waals surface area (Å²) in [5, 5.41) is 2.85. The number of nitrogens with one attached hydrogen (secondary N) is 2. The van der Waals surface area contributed by atoms with E-state index in [2.05, 4.69) is 10.0 Å². The molecule has 1 aliphatic rings. The average molecular weight is 593 g/mol. The molecule has 0 saturated heterocycles. The van der Waals surface area contributed by atoms with E-state index < -0.39 is 33.1 Å². The van der Waals surface area contributed by atoms with Crippen LogP contribution in [0.15, 0.2) is 71.6 Å². The number of hydrogen-bond acceptors (Lipinski definition) is 6. The number of carbonyl (C=O) groups is 2. The molecule has 3 aromatic carbocycles. The van der Waals surface area contributed by atoms with Crippen molar-refractivity contribution in [2.75, 3.05) is 12.0 Å². The second kappa shape index (κ2) is 11.9. The number of carbonyl (C=O) groups excluding carboxylic acids is 2. The SMILES string of the molecule is COc1ccc2c(c1)CC[C@@H](NC(=O)C(C)(C)N)C(=O)N2Cc1ccc(-c2ccccc2S(=O)(=O)NC(C)(C)C)cc1. The van der Waals surface area contributed by atoms with Crippen LogP contribution in [-0.2, 0) is 32.6 Å². The summed E-state index contributed by atoms with van der Waals surface area (Å²) in [6.45, 7) is 8.85. The van der Waals surface area contributed by atoms with Crippen molar-refractivity contribution in [3.8, 4) is 16.9 Å². The van der Waals surface area contributed by atoms with Crippen LogP contribution in [0.1, 0.15) is 52.2 Å². The Morgan fingerprint density at radius 1 is 1.02 bits per heavy atom. The van der Waals surface area contributed by atoms with Crippen LogP contribution in [0.25, 0.3) is 11.1 Å². The van der Waals surface area contributed by atoms with Crippen molar-refractivity contribution in [3.05, 3.63) is 77.9 Å². The third kappa shape index (κ3) is 7.18. The predicted octanol–water partition coefficient (Wildman–Crippen LogP) is 4.14. The molecule has 0 radical (unpaired) electrons. The zero-order valence-corrected chi connectivity index (χ0v) is 25.8. The molecule has 42 heavy (non-hydrogen) atoms. The van der Waals surface area contributed by atoms with Crippen LogP contribution < -0.4 is 25.4 Å². The van der Waals surface area contributed by atoms with Gasteiger partial charge in [-0.05, 0) is 88.4 Å². The van der Waals surface area contributed by atoms with Crippen LogP contribution in [0.3, 0.4) is 0 Å². The summed E-state index contributed by atoms with van der Waals surface area (Å²) >= 11 is 0. The molecule has 0 spiro atoms. The summed E-state index contributed by atoms with van der Waals surface area (Å²) in [6, 6.07) is 19.2. The van der Waals surface area contributed by atoms with E-state index >= 15 is 0 Å². The Balaban J connectivity index is 1.66. The molecule has 224 valence electrons. The van der Waals surface area contributed by atoms with E-state index in [1.807, 2.05) is 42.5 Å². The van der Waals surface area contributed by atoms with E-state index in [0.717, 1.165) is 22.4 Å². The molecule has 0 unspecified atom stereocenters. The van der Waals surface area contributed by atoms with Crippen molar-refractivity contribution < 1.29 is 22.7 Å². The van der Waals surface area contributed by atoms with Crippen molar-refractivity contribution in [3.63, 3.8) is 0 Å². The molecule has 1 aliphatic heterocycles. The Morgan fingerprint density at radius 2 is 1.69 bits per heavy atom. The molecule has 1 atom stereocenters. The number of sulfonamides is 1. The molecular weight excluding hydrogens is 552 g/mol. The first-order valence-electron chi connectivity index (χ1n) is 13.9. The lowest BCUT2D eigenvalue weighted by Crippen LogP contribution is -2.56. The zero-order valence-electron chi connectivity index (χ0n) is 25.0. The number of amides is 2. The molecule has 9 nitrogen and oxygen atoms in total. The Hall–Kier alpha value is -3.73. The molecule has 1 heterocycles. The second-order valence-electron chi connectivity index (χ2n) is 12.3. The fourth-order valence-corrected chi connectivity index (χ4v) is 6.54. The molecule has 2 amide bonds. The van der Waals surface area contributed by atoms with Gasteiger partial charge in [0.1, 0.15) is 11.8 Å². The summed E-state index contributed by atoms with van der Waals surface area (Å²) in [5.74, 6) is 0.0548. The Kier molecular flexibility index (Phi) is 8.82. The Morgan fingerprint density at radius 3 is 2.31 bits per heavy atom. The maximum absolute atomic E-state index is 13.9. The smallest absolute Gasteiger partial charge is 0.249 e. The number of methoxy groups -OCH3 is 1. The van der Waals surface area contributed by atoms with E-state index in [0.29, 0.717) is 24.2 Å². The lowest BCUT2D eigenvalue weighted by atomic mass is 10.0. The summed E-state index contributed by atoms with van der Waals surface area (Å²) < 4.78 is 34.5. The number of anilines is 1. The summed E-state index contributed by atoms with van der Waals surface area (Å²) in [4.78, 5) is 28.4. The van der Waals surface area contributed by atoms with Crippen LogP contribution >= 0.6 is 0 Å². The van der Waals surface area contributed by atoms with Crippen LogP contribution in [0, 0.1) is 0 Å². The first-order chi connectivity index (χ1) is 19.6. The molecule has 0 aromatic heterocycles. The number of rotatable bonds is 8. The number of hydrogen-bond donors (Lipinski definition) is 3. The monoisotopic (exact) mass is 592 g/mol. The minimum Gasteiger partial charge on any atom is -0.497 e. The van der Waals surface area contributed by atoms with Crippen molar-refractivity contribution in [2.24, 2.45) is 5.73 Å². The van der Waals surface area contributed by atoms with Gasteiger partial charge in [-0.15, -0.1) is 0 Å². The first kappa shape index (κ1) is 31.2. The highest BCUT2D eigenvalue weighted by Gasteiger charge is 2.34. The normalized spacial score (nSPS) is 16.0. The van der Waals surface area contributed by atoms with Crippen LogP contribution in [-0.4, -0.2) is 44.5 Å². The Labute approximate surface area is 248 Å². The van der Waals surface area contributed by atoms with Gasteiger partial charge in [-0.25, -0.2) is 13.1 Å². The van der Waals surface area contributed by atoms with Gasteiger partial charge in [0.05, 0.1) is 24.1 Å². The van der Waals surface area contributed by atoms with E-state index in [9.17, 15) is 18.0 Å². The standard InChI is InChI=1S/C32H40N4O5S/c1-31(2,3)35-42(39,40)28-10-8-7-9-25(28)22-13-11-21(12-14-22)20-36-27-18-16-24(41-6)19-23(27)15-17-26(29(36)37)34-30(38)32(4,5)33/h7-14,16,18-19,26,35H,15,17,20,33H2,1-6H3,(H,34,38)/t26-/m1/s1. The highest BCUT2D eigenvalue weighted by atomic mass is 32.2. The van der Waals surface area contributed by atoms with Gasteiger partial charge in [0.15, 0.2) is 0 Å². The van der Waals surface area contributed by atoms with Crippen molar-refractivity contribution >= 4 is 27.5 Å². The molecule has 0 fully saturated rings. The molecule has 3 aromatic rings. The van der Waals surface area contributed by atoms with Crippen molar-refractivity contribution in [1.82, 2.24) is 10.0 Å². The van der Waals surface area contributed by atoms with Crippen LogP contribution in [0.5, 0.6) is 5.75 Å². The van der Waals surface area contributed by atoms with E-state index in [4.69, 9.17) is 10.5 Å². The number of nitrogens with zero attached hydrogens (tertiary/aromatic N) is 1. The van der Waals surface area contributed by atoms with Gasteiger partial charge >= 0.3 is 0 Å². The minimum atomic E-state index is -3.76. The molecule has 0 bridgehead atoms. The zero-order chi connectivity index (χ0) is 30.9. The lowest BCUT2D eigenvalue weighted by molar-refractivity contribution is -0.130. The maximum atomic E-state index is 13.9. The van der Waals surface area contributed by atoms with Crippen LogP contribution in [0.4, 0.5) is 5.69 Å². The van der Waals surface area contributed by atoms with Gasteiger partial charge in [-0.3, -0.25) is 9.59 Å². The van der Waals surface area contributed by atoms with E-state index in [1.54, 1.807) is 70.9 Å². The number of nitrogens with two attached hydrogens (primary N) is 1. The van der Waals surface area contributed by atoms with Gasteiger partial charge in [-0.1, -0.05) is 42.5 Å². The third-order valence-corrected chi connectivity index (χ3v) is 8.77. The molecule has 0 aliphatic carbocycles. The summed E-state index contributed by atoms with van der Waals surface area (Å²) in [7, 11) is -2.17. The highest BCUT2D eigenvalue weighted by molar-refractivity contribution is 7.89. The quantitative estimate of drug-likeness (QED) is 0.360. The lowest BCUT2D eigenvalue weighted by Gasteiger charge is -2.28. The van der Waals surface area contributed by atoms with Gasteiger partial charge in [0, 0.05) is 16.8 Å². The van der Waals surface area contributed by atoms with Gasteiger partial charge in [0.2, 0.25) is 21.8 Å². The topological polar surface area (TPSA) is 131 Å². The highest BCUT2D eigenvalue weighted by Crippen LogP contribution is 2.33. The molecule has 4 N–H and O–H groups in total. The van der Waals surface area contributed by atoms with Gasteiger partial charge < -0.3 is 20.7 Å². The van der Waals surface area contributed by atoms with E-state index in [-0.39, 0.29) is 17.3 Å². The minimum absolute atomic E-state index is 0.194. The maximum Gasteiger partial charge on any atom is 0.249 e. The number of benzene rings is 3. The molecular formula is C32H40N4O5S. The average Bonchev–Trinajstić information content (AvgIpc) is 3.03. The molecule has 10 heteroatoms. The van der Waals surface area contributed by atoms with Crippen molar-refractivity contribution in [1.29, 1.82) is 0 Å². The summed E-state index contributed by atoms with van der Waals surface area (Å²) in [6.07, 6.45) is 0.988. The number of fused-ring (bicyclic) bond motifs is 1. The third-order valence-electron chi connectivity index (χ3n) is 6.96.